The van der Waals surface area contributed by atoms with E-state index in [2.05, 4.69) is 31.1 Å². The van der Waals surface area contributed by atoms with Crippen molar-refractivity contribution in [1.29, 1.82) is 0 Å². The third-order valence-electron chi connectivity index (χ3n) is 2.80. The van der Waals surface area contributed by atoms with Crippen molar-refractivity contribution < 1.29 is 4.79 Å². The Balaban J connectivity index is 3.71. The molecule has 0 spiro atoms. The van der Waals surface area contributed by atoms with Gasteiger partial charge in [-0.1, -0.05) is 20.8 Å². The number of nitrogens with zero attached hydrogens (tertiary/aromatic N) is 1. The van der Waals surface area contributed by atoms with Crippen LogP contribution in [0.15, 0.2) is 4.99 Å². The first-order chi connectivity index (χ1) is 8.47. The van der Waals surface area contributed by atoms with E-state index >= 15 is 0 Å². The third kappa shape index (κ3) is 8.84. The highest BCUT2D eigenvalue weighted by atomic mass is 16.1. The fraction of sp³-hybridized carbons (Fsp3) is 0.846. The first-order valence-electron chi connectivity index (χ1n) is 6.80. The van der Waals surface area contributed by atoms with Gasteiger partial charge in [0.15, 0.2) is 5.96 Å². The Hall–Kier alpha value is -1.26. The van der Waals surface area contributed by atoms with Crippen LogP contribution in [0.4, 0.5) is 0 Å². The molecule has 0 unspecified atom stereocenters. The van der Waals surface area contributed by atoms with Gasteiger partial charge in [0.05, 0.1) is 0 Å². The number of hydrogen-bond donors (Lipinski definition) is 3. The molecular formula is C13H28N4O. The summed E-state index contributed by atoms with van der Waals surface area (Å²) in [4.78, 5) is 15.8. The molecule has 5 heteroatoms. The summed E-state index contributed by atoms with van der Waals surface area (Å²) >= 11 is 0. The van der Waals surface area contributed by atoms with Crippen LogP contribution in [0.25, 0.3) is 0 Å². The Kier molecular flexibility index (Phi) is 9.06. The lowest BCUT2D eigenvalue weighted by molar-refractivity contribution is -0.125. The molecule has 1 amide bonds. The maximum atomic E-state index is 11.9. The molecule has 1 atom stereocenters. The van der Waals surface area contributed by atoms with Crippen LogP contribution in [0.1, 0.15) is 46.5 Å². The summed E-state index contributed by atoms with van der Waals surface area (Å²) in [7, 11) is 0. The third-order valence-corrected chi connectivity index (χ3v) is 2.80. The van der Waals surface area contributed by atoms with Crippen molar-refractivity contribution in [2.45, 2.75) is 46.5 Å². The predicted molar refractivity (Wildman–Crippen MR) is 76.2 cm³/mol. The second kappa shape index (κ2) is 9.74. The van der Waals surface area contributed by atoms with E-state index in [0.29, 0.717) is 19.0 Å². The van der Waals surface area contributed by atoms with Crippen molar-refractivity contribution in [2.24, 2.45) is 28.3 Å². The van der Waals surface area contributed by atoms with Gasteiger partial charge in [0.25, 0.3) is 0 Å². The second-order valence-corrected chi connectivity index (χ2v) is 5.04. The molecule has 5 nitrogen and oxygen atoms in total. The molecule has 0 radical (unpaired) electrons. The van der Waals surface area contributed by atoms with Crippen molar-refractivity contribution in [3.05, 3.63) is 0 Å². The molecule has 106 valence electrons. The van der Waals surface area contributed by atoms with E-state index in [1.54, 1.807) is 0 Å². The zero-order valence-electron chi connectivity index (χ0n) is 11.9. The van der Waals surface area contributed by atoms with Crippen LogP contribution in [0.5, 0.6) is 0 Å². The number of amides is 1. The van der Waals surface area contributed by atoms with Gasteiger partial charge in [0, 0.05) is 19.0 Å². The smallest absolute Gasteiger partial charge is 0.223 e. The maximum Gasteiger partial charge on any atom is 0.223 e. The Labute approximate surface area is 110 Å². The summed E-state index contributed by atoms with van der Waals surface area (Å²) in [5.41, 5.74) is 10.4. The Morgan fingerprint density at radius 1 is 1.28 bits per heavy atom. The first-order valence-corrected chi connectivity index (χ1v) is 6.80. The number of nitrogens with two attached hydrogens (primary N) is 2. The minimum atomic E-state index is 0.127. The lowest BCUT2D eigenvalue weighted by atomic mass is 9.94. The molecule has 0 saturated carbocycles. The fourth-order valence-corrected chi connectivity index (χ4v) is 1.83. The largest absolute Gasteiger partial charge is 0.370 e. The number of carbonyl (C=O) groups is 1. The van der Waals surface area contributed by atoms with Gasteiger partial charge >= 0.3 is 0 Å². The maximum absolute atomic E-state index is 11.9. The highest BCUT2D eigenvalue weighted by Crippen LogP contribution is 2.15. The van der Waals surface area contributed by atoms with E-state index < -0.39 is 0 Å². The van der Waals surface area contributed by atoms with Gasteiger partial charge in [-0.3, -0.25) is 9.79 Å². The summed E-state index contributed by atoms with van der Waals surface area (Å²) < 4.78 is 0. The van der Waals surface area contributed by atoms with Gasteiger partial charge in [-0.25, -0.2) is 0 Å². The lowest BCUT2D eigenvalue weighted by Crippen LogP contribution is -2.32. The summed E-state index contributed by atoms with van der Waals surface area (Å²) in [6.07, 6.45) is 3.65. The van der Waals surface area contributed by atoms with Crippen molar-refractivity contribution >= 4 is 11.9 Å². The monoisotopic (exact) mass is 256 g/mol. The van der Waals surface area contributed by atoms with Crippen LogP contribution < -0.4 is 16.8 Å². The highest BCUT2D eigenvalue weighted by Gasteiger charge is 2.16. The normalized spacial score (nSPS) is 12.2. The molecule has 0 aliphatic heterocycles. The van der Waals surface area contributed by atoms with E-state index in [1.807, 2.05) is 0 Å². The summed E-state index contributed by atoms with van der Waals surface area (Å²) in [5, 5.41) is 2.98. The van der Waals surface area contributed by atoms with E-state index in [-0.39, 0.29) is 17.8 Å². The second-order valence-electron chi connectivity index (χ2n) is 5.04. The van der Waals surface area contributed by atoms with Gasteiger partial charge in [-0.05, 0) is 31.6 Å². The SMILES string of the molecule is CC[C@@H](CC(C)C)C(=O)NCCCCN=C(N)N. The molecule has 0 aromatic carbocycles. The molecule has 0 fully saturated rings. The standard InChI is InChI=1S/C13H28N4O/c1-4-11(9-10(2)3)12(18)16-7-5-6-8-17-13(14)15/h10-11H,4-9H2,1-3H3,(H,16,18)(H4,14,15,17)/t11-/m0/s1. The molecule has 0 aliphatic rings. The zero-order valence-corrected chi connectivity index (χ0v) is 11.9. The highest BCUT2D eigenvalue weighted by molar-refractivity contribution is 5.78. The first kappa shape index (κ1) is 16.7. The number of rotatable bonds is 9. The molecule has 18 heavy (non-hydrogen) atoms. The van der Waals surface area contributed by atoms with Crippen molar-refractivity contribution in [2.75, 3.05) is 13.1 Å². The van der Waals surface area contributed by atoms with E-state index in [4.69, 9.17) is 11.5 Å². The van der Waals surface area contributed by atoms with E-state index in [0.717, 1.165) is 25.7 Å². The van der Waals surface area contributed by atoms with Crippen LogP contribution in [0, 0.1) is 11.8 Å². The summed E-state index contributed by atoms with van der Waals surface area (Å²) in [6.45, 7) is 7.68. The number of nitrogens with one attached hydrogen (secondary N) is 1. The van der Waals surface area contributed by atoms with E-state index in [9.17, 15) is 4.79 Å². The molecule has 0 saturated heterocycles. The molecule has 0 heterocycles. The zero-order chi connectivity index (χ0) is 14.0. The van der Waals surface area contributed by atoms with Crippen LogP contribution in [0.3, 0.4) is 0 Å². The summed E-state index contributed by atoms with van der Waals surface area (Å²) in [6, 6.07) is 0. The average Bonchev–Trinajstić information content (AvgIpc) is 2.29. The van der Waals surface area contributed by atoms with Crippen molar-refractivity contribution in [1.82, 2.24) is 5.32 Å². The molecule has 0 rings (SSSR count). The van der Waals surface area contributed by atoms with Gasteiger partial charge in [-0.2, -0.15) is 0 Å². The van der Waals surface area contributed by atoms with Crippen LogP contribution in [-0.4, -0.2) is 25.0 Å². The molecule has 0 aliphatic carbocycles. The van der Waals surface area contributed by atoms with Crippen molar-refractivity contribution in [3.8, 4) is 0 Å². The lowest BCUT2D eigenvalue weighted by Gasteiger charge is -2.16. The quantitative estimate of drug-likeness (QED) is 0.329. The fourth-order valence-electron chi connectivity index (χ4n) is 1.83. The summed E-state index contributed by atoms with van der Waals surface area (Å²) in [5.74, 6) is 1.00. The minimum absolute atomic E-state index is 0.127. The number of unbranched alkanes of at least 4 members (excludes halogenated alkanes) is 1. The van der Waals surface area contributed by atoms with Gasteiger partial charge < -0.3 is 16.8 Å². The molecule has 0 aromatic rings. The average molecular weight is 256 g/mol. The topological polar surface area (TPSA) is 93.5 Å². The predicted octanol–water partition coefficient (Wildman–Crippen LogP) is 1.23. The van der Waals surface area contributed by atoms with Gasteiger partial charge in [-0.15, -0.1) is 0 Å². The van der Waals surface area contributed by atoms with Crippen molar-refractivity contribution in [3.63, 3.8) is 0 Å². The Morgan fingerprint density at radius 2 is 1.94 bits per heavy atom. The van der Waals surface area contributed by atoms with Gasteiger partial charge in [0.1, 0.15) is 0 Å². The van der Waals surface area contributed by atoms with Crippen LogP contribution in [0.2, 0.25) is 0 Å². The molecule has 0 bridgehead atoms. The van der Waals surface area contributed by atoms with Crippen LogP contribution >= 0.6 is 0 Å². The number of guanidine groups is 1. The van der Waals surface area contributed by atoms with Gasteiger partial charge in [0.2, 0.25) is 5.91 Å². The van der Waals surface area contributed by atoms with Crippen LogP contribution in [-0.2, 0) is 4.79 Å². The Bertz CT molecular complexity index is 260. The Morgan fingerprint density at radius 3 is 2.44 bits per heavy atom. The number of hydrogen-bond acceptors (Lipinski definition) is 2. The number of carbonyl (C=O) groups excluding carboxylic acids is 1. The minimum Gasteiger partial charge on any atom is -0.370 e. The van der Waals surface area contributed by atoms with E-state index in [1.165, 1.54) is 0 Å². The molecule has 0 aromatic heterocycles. The molecular weight excluding hydrogens is 228 g/mol. The molecule has 5 N–H and O–H groups in total. The number of aliphatic imine (C=N–C) groups is 1.